The molecule has 0 atom stereocenters. The van der Waals surface area contributed by atoms with Crippen molar-refractivity contribution in [1.29, 1.82) is 0 Å². The fourth-order valence-electron chi connectivity index (χ4n) is 4.13. The minimum atomic E-state index is -0.846. The van der Waals surface area contributed by atoms with Crippen LogP contribution in [-0.2, 0) is 16.1 Å². The first kappa shape index (κ1) is 20.3. The molecule has 1 aliphatic heterocycles. The fourth-order valence-corrected chi connectivity index (χ4v) is 4.26. The molecule has 1 spiro atoms. The number of amides is 4. The van der Waals surface area contributed by atoms with Gasteiger partial charge in [-0.25, -0.2) is 4.79 Å². The number of hydrogen-bond acceptors (Lipinski definition) is 4. The normalized spacial score (nSPS) is 17.8. The minimum Gasteiger partial charge on any atom is -0.323 e. The Hall–Kier alpha value is -2.93. The molecule has 1 saturated carbocycles. The lowest BCUT2D eigenvalue weighted by atomic mass is 9.82. The second-order valence-corrected chi connectivity index (χ2v) is 8.18. The van der Waals surface area contributed by atoms with Crippen molar-refractivity contribution in [3.63, 3.8) is 0 Å². The molecule has 1 aromatic heterocycles. The Kier molecular flexibility index (Phi) is 5.72. The van der Waals surface area contributed by atoms with Gasteiger partial charge < -0.3 is 10.2 Å². The maximum absolute atomic E-state index is 13.2. The lowest BCUT2D eigenvalue weighted by molar-refractivity contribution is -0.135. The van der Waals surface area contributed by atoms with Crippen molar-refractivity contribution in [3.05, 3.63) is 59.4 Å². The number of urea groups is 1. The molecule has 4 amide bonds. The Balaban J connectivity index is 1.56. The first-order valence-corrected chi connectivity index (χ1v) is 10.5. The lowest BCUT2D eigenvalue weighted by Gasteiger charge is -2.30. The summed E-state index contributed by atoms with van der Waals surface area (Å²) in [7, 11) is 0. The molecule has 0 unspecified atom stereocenters. The summed E-state index contributed by atoms with van der Waals surface area (Å²) in [5, 5.41) is 3.40. The number of rotatable bonds is 5. The highest BCUT2D eigenvalue weighted by Gasteiger charge is 2.51. The van der Waals surface area contributed by atoms with E-state index in [1.54, 1.807) is 36.5 Å². The van der Waals surface area contributed by atoms with Gasteiger partial charge in [0, 0.05) is 16.9 Å². The molecule has 2 aliphatic rings. The summed E-state index contributed by atoms with van der Waals surface area (Å²) in [6.07, 6.45) is 5.74. The van der Waals surface area contributed by atoms with Crippen molar-refractivity contribution in [3.8, 4) is 0 Å². The van der Waals surface area contributed by atoms with Crippen molar-refractivity contribution in [2.45, 2.75) is 44.2 Å². The first-order valence-electron chi connectivity index (χ1n) is 10.1. The number of aromatic nitrogens is 1. The predicted molar refractivity (Wildman–Crippen MR) is 113 cm³/mol. The number of nitrogens with one attached hydrogen (secondary N) is 1. The van der Waals surface area contributed by atoms with Crippen LogP contribution >= 0.6 is 11.6 Å². The summed E-state index contributed by atoms with van der Waals surface area (Å²) in [6.45, 7) is -0.0992. The molecule has 0 bridgehead atoms. The standard InChI is InChI=1S/C22H23ClN4O3/c23-16-7-9-18(10-8-16)26(14-17-6-2-5-13-24-17)19(28)15-27-20(29)22(25-21(27)30)11-3-1-4-12-22/h2,5-10,13H,1,3-4,11-12,14-15H2,(H,25,30). The molecule has 1 aromatic carbocycles. The molecule has 156 valence electrons. The Bertz CT molecular complexity index is 943. The summed E-state index contributed by atoms with van der Waals surface area (Å²) in [5.41, 5.74) is 0.470. The molecule has 1 saturated heterocycles. The highest BCUT2D eigenvalue weighted by molar-refractivity contribution is 6.30. The van der Waals surface area contributed by atoms with Gasteiger partial charge in [0.05, 0.1) is 12.2 Å². The summed E-state index contributed by atoms with van der Waals surface area (Å²) in [4.78, 5) is 45.7. The zero-order valence-electron chi connectivity index (χ0n) is 16.5. The monoisotopic (exact) mass is 426 g/mol. The van der Waals surface area contributed by atoms with E-state index in [0.29, 0.717) is 29.2 Å². The molecule has 1 aliphatic carbocycles. The van der Waals surface area contributed by atoms with E-state index < -0.39 is 11.6 Å². The van der Waals surface area contributed by atoms with Crippen molar-refractivity contribution < 1.29 is 14.4 Å². The van der Waals surface area contributed by atoms with E-state index in [2.05, 4.69) is 10.3 Å². The molecule has 2 aromatic rings. The van der Waals surface area contributed by atoms with Gasteiger partial charge in [0.25, 0.3) is 5.91 Å². The number of benzene rings is 1. The zero-order chi connectivity index (χ0) is 21.1. The van der Waals surface area contributed by atoms with Crippen molar-refractivity contribution in [2.75, 3.05) is 11.4 Å². The molecule has 7 nitrogen and oxygen atoms in total. The lowest BCUT2D eigenvalue weighted by Crippen LogP contribution is -2.49. The Morgan fingerprint density at radius 3 is 2.50 bits per heavy atom. The average Bonchev–Trinajstić information content (AvgIpc) is 2.98. The number of hydrogen-bond donors (Lipinski definition) is 1. The number of pyridine rings is 1. The van der Waals surface area contributed by atoms with E-state index in [1.807, 2.05) is 12.1 Å². The molecular weight excluding hydrogens is 404 g/mol. The fraction of sp³-hybridized carbons (Fsp3) is 0.364. The van der Waals surface area contributed by atoms with Crippen molar-refractivity contribution in [2.24, 2.45) is 0 Å². The summed E-state index contributed by atoms with van der Waals surface area (Å²) in [5.74, 6) is -0.659. The van der Waals surface area contributed by atoms with E-state index in [9.17, 15) is 14.4 Å². The number of anilines is 1. The highest BCUT2D eigenvalue weighted by atomic mass is 35.5. The van der Waals surface area contributed by atoms with Crippen LogP contribution in [0.25, 0.3) is 0 Å². The van der Waals surface area contributed by atoms with Gasteiger partial charge in [0.1, 0.15) is 12.1 Å². The molecule has 1 N–H and O–H groups in total. The van der Waals surface area contributed by atoms with Crippen LogP contribution in [0.1, 0.15) is 37.8 Å². The molecule has 8 heteroatoms. The van der Waals surface area contributed by atoms with Gasteiger partial charge in [-0.3, -0.25) is 19.5 Å². The molecular formula is C22H23ClN4O3. The average molecular weight is 427 g/mol. The summed E-state index contributed by atoms with van der Waals surface area (Å²) < 4.78 is 0. The van der Waals surface area contributed by atoms with Crippen LogP contribution in [-0.4, -0.2) is 39.8 Å². The van der Waals surface area contributed by atoms with E-state index >= 15 is 0 Å². The van der Waals surface area contributed by atoms with Crippen LogP contribution in [0, 0.1) is 0 Å². The molecule has 30 heavy (non-hydrogen) atoms. The van der Waals surface area contributed by atoms with Crippen LogP contribution in [0.4, 0.5) is 10.5 Å². The van der Waals surface area contributed by atoms with Gasteiger partial charge in [0.15, 0.2) is 0 Å². The number of nitrogens with zero attached hydrogens (tertiary/aromatic N) is 3. The SMILES string of the molecule is O=C1NC2(CCCCC2)C(=O)N1CC(=O)N(Cc1ccccn1)c1ccc(Cl)cc1. The molecule has 2 fully saturated rings. The van der Waals surface area contributed by atoms with Gasteiger partial charge in [-0.15, -0.1) is 0 Å². The van der Waals surface area contributed by atoms with Gasteiger partial charge in [-0.1, -0.05) is 36.9 Å². The van der Waals surface area contributed by atoms with Gasteiger partial charge in [-0.2, -0.15) is 0 Å². The third kappa shape index (κ3) is 4.03. The van der Waals surface area contributed by atoms with Gasteiger partial charge in [-0.05, 0) is 49.2 Å². The van der Waals surface area contributed by atoms with Crippen LogP contribution in [0.5, 0.6) is 0 Å². The summed E-state index contributed by atoms with van der Waals surface area (Å²) >= 11 is 5.99. The minimum absolute atomic E-state index is 0.218. The number of imide groups is 1. The van der Waals surface area contributed by atoms with E-state index in [-0.39, 0.29) is 24.9 Å². The second-order valence-electron chi connectivity index (χ2n) is 7.74. The van der Waals surface area contributed by atoms with E-state index in [0.717, 1.165) is 24.2 Å². The third-order valence-corrected chi connectivity index (χ3v) is 5.98. The van der Waals surface area contributed by atoms with Crippen LogP contribution in [0.3, 0.4) is 0 Å². The van der Waals surface area contributed by atoms with Crippen molar-refractivity contribution in [1.82, 2.24) is 15.2 Å². The number of carbonyl (C=O) groups excluding carboxylic acids is 3. The topological polar surface area (TPSA) is 82.6 Å². The maximum atomic E-state index is 13.2. The zero-order valence-corrected chi connectivity index (χ0v) is 17.3. The first-order chi connectivity index (χ1) is 14.5. The number of halogens is 1. The third-order valence-electron chi connectivity index (χ3n) is 5.73. The smallest absolute Gasteiger partial charge is 0.323 e. The van der Waals surface area contributed by atoms with Gasteiger partial charge >= 0.3 is 6.03 Å². The largest absolute Gasteiger partial charge is 0.325 e. The predicted octanol–water partition coefficient (Wildman–Crippen LogP) is 3.52. The Morgan fingerprint density at radius 1 is 1.10 bits per heavy atom. The maximum Gasteiger partial charge on any atom is 0.325 e. The van der Waals surface area contributed by atoms with Gasteiger partial charge in [0.2, 0.25) is 5.91 Å². The van der Waals surface area contributed by atoms with E-state index in [1.165, 1.54) is 4.90 Å². The van der Waals surface area contributed by atoms with E-state index in [4.69, 9.17) is 11.6 Å². The molecule has 0 radical (unpaired) electrons. The highest BCUT2D eigenvalue weighted by Crippen LogP contribution is 2.33. The Labute approximate surface area is 180 Å². The summed E-state index contributed by atoms with van der Waals surface area (Å²) in [6, 6.07) is 11.8. The quantitative estimate of drug-likeness (QED) is 0.741. The second kappa shape index (κ2) is 8.44. The van der Waals surface area contributed by atoms with Crippen LogP contribution in [0.2, 0.25) is 5.02 Å². The number of carbonyl (C=O) groups is 3. The molecule has 4 rings (SSSR count). The molecule has 2 heterocycles. The Morgan fingerprint density at radius 2 is 1.83 bits per heavy atom. The van der Waals surface area contributed by atoms with Crippen molar-refractivity contribution >= 4 is 35.1 Å². The van der Waals surface area contributed by atoms with Crippen LogP contribution in [0.15, 0.2) is 48.7 Å². The van der Waals surface area contributed by atoms with Crippen LogP contribution < -0.4 is 10.2 Å².